The van der Waals surface area contributed by atoms with Gasteiger partial charge in [0, 0.05) is 10.8 Å². The Morgan fingerprint density at radius 3 is 2.24 bits per heavy atom. The molecule has 1 aromatic rings. The Morgan fingerprint density at radius 2 is 1.71 bits per heavy atom. The summed E-state index contributed by atoms with van der Waals surface area (Å²) < 4.78 is 0. The molecule has 0 aliphatic heterocycles. The largest absolute Gasteiger partial charge is 0.287 e. The Balaban J connectivity index is 2.47. The van der Waals surface area contributed by atoms with Crippen molar-refractivity contribution in [1.82, 2.24) is 0 Å². The van der Waals surface area contributed by atoms with E-state index in [2.05, 4.69) is 58.9 Å². The van der Waals surface area contributed by atoms with Gasteiger partial charge in [-0.2, -0.15) is 0 Å². The van der Waals surface area contributed by atoms with Gasteiger partial charge in [-0.25, -0.2) is 0 Å². The molecule has 0 aliphatic rings. The summed E-state index contributed by atoms with van der Waals surface area (Å²) in [6, 6.07) is 8.43. The van der Waals surface area contributed by atoms with Crippen LogP contribution in [0.5, 0.6) is 0 Å². The number of hydrogen-bond donors (Lipinski definition) is 0. The van der Waals surface area contributed by atoms with Gasteiger partial charge in [-0.3, -0.25) is 4.79 Å². The van der Waals surface area contributed by atoms with E-state index in [-0.39, 0.29) is 11.3 Å². The van der Waals surface area contributed by atoms with Crippen LogP contribution >= 0.6 is 11.8 Å². The van der Waals surface area contributed by atoms with Crippen molar-refractivity contribution < 1.29 is 4.79 Å². The van der Waals surface area contributed by atoms with E-state index in [0.29, 0.717) is 5.12 Å². The van der Waals surface area contributed by atoms with E-state index in [9.17, 15) is 4.79 Å². The van der Waals surface area contributed by atoms with E-state index in [0.717, 1.165) is 11.3 Å². The lowest BCUT2D eigenvalue weighted by molar-refractivity contribution is -0.114. The maximum absolute atomic E-state index is 12.2. The van der Waals surface area contributed by atoms with Crippen molar-refractivity contribution in [3.63, 3.8) is 0 Å². The first kappa shape index (κ1) is 18.3. The number of unbranched alkanes of at least 4 members (excludes halogenated alkanes) is 3. The highest BCUT2D eigenvalue weighted by Crippen LogP contribution is 2.28. The monoisotopic (exact) mass is 306 g/mol. The molecular formula is C19H30OS. The number of benzene rings is 1. The number of carbonyl (C=O) groups excluding carboxylic acids is 1. The number of thioether (sulfide) groups is 1. The van der Waals surface area contributed by atoms with Crippen LogP contribution in [-0.2, 0) is 10.2 Å². The van der Waals surface area contributed by atoms with Crippen LogP contribution in [0.4, 0.5) is 0 Å². The van der Waals surface area contributed by atoms with Crippen LogP contribution in [0.1, 0.15) is 72.3 Å². The minimum Gasteiger partial charge on any atom is -0.287 e. The van der Waals surface area contributed by atoms with Crippen molar-refractivity contribution in [2.75, 3.05) is 0 Å². The van der Waals surface area contributed by atoms with E-state index in [1.165, 1.54) is 43.0 Å². The van der Waals surface area contributed by atoms with Gasteiger partial charge in [-0.1, -0.05) is 84.2 Å². The lowest BCUT2D eigenvalue weighted by atomic mass is 9.87. The topological polar surface area (TPSA) is 17.1 Å². The van der Waals surface area contributed by atoms with Gasteiger partial charge < -0.3 is 0 Å². The van der Waals surface area contributed by atoms with Gasteiger partial charge in [0.05, 0.1) is 0 Å². The van der Waals surface area contributed by atoms with Crippen molar-refractivity contribution in [1.29, 1.82) is 0 Å². The Bertz CT molecular complexity index is 428. The summed E-state index contributed by atoms with van der Waals surface area (Å²) >= 11 is 1.40. The third kappa shape index (κ3) is 6.69. The van der Waals surface area contributed by atoms with Crippen LogP contribution in [0.15, 0.2) is 29.2 Å². The Morgan fingerprint density at radius 1 is 1.10 bits per heavy atom. The lowest BCUT2D eigenvalue weighted by Gasteiger charge is -2.19. The highest BCUT2D eigenvalue weighted by molar-refractivity contribution is 8.13. The lowest BCUT2D eigenvalue weighted by Crippen LogP contribution is -2.10. The molecule has 0 saturated heterocycles. The maximum atomic E-state index is 12.2. The highest BCUT2D eigenvalue weighted by atomic mass is 32.2. The summed E-state index contributed by atoms with van der Waals surface area (Å²) in [5.41, 5.74) is 1.48. The van der Waals surface area contributed by atoms with Crippen LogP contribution in [-0.4, -0.2) is 5.12 Å². The normalized spacial score (nSPS) is 13.2. The Kier molecular flexibility index (Phi) is 7.51. The average molecular weight is 307 g/mol. The molecule has 1 unspecified atom stereocenters. The highest BCUT2D eigenvalue weighted by Gasteiger charge is 2.16. The molecule has 0 radical (unpaired) electrons. The van der Waals surface area contributed by atoms with Gasteiger partial charge in [0.2, 0.25) is 0 Å². The second-order valence-electron chi connectivity index (χ2n) is 6.95. The predicted molar refractivity (Wildman–Crippen MR) is 93.9 cm³/mol. The quantitative estimate of drug-likeness (QED) is 0.440. The fourth-order valence-corrected chi connectivity index (χ4v) is 3.06. The molecule has 0 spiro atoms. The zero-order valence-electron chi connectivity index (χ0n) is 14.2. The minimum absolute atomic E-state index is 0.161. The van der Waals surface area contributed by atoms with Crippen molar-refractivity contribution in [3.05, 3.63) is 29.8 Å². The molecule has 2 heteroatoms. The van der Waals surface area contributed by atoms with Crippen LogP contribution in [0.2, 0.25) is 0 Å². The summed E-state index contributed by atoms with van der Waals surface area (Å²) in [6.07, 6.45) is 5.97. The van der Waals surface area contributed by atoms with Crippen LogP contribution in [0, 0.1) is 5.92 Å². The number of rotatable bonds is 7. The molecule has 21 heavy (non-hydrogen) atoms. The molecule has 0 saturated carbocycles. The van der Waals surface area contributed by atoms with Crippen LogP contribution in [0.3, 0.4) is 0 Å². The molecular weight excluding hydrogens is 276 g/mol. The molecule has 0 bridgehead atoms. The smallest absolute Gasteiger partial charge is 0.196 e. The fraction of sp³-hybridized carbons (Fsp3) is 0.632. The zero-order chi connectivity index (χ0) is 15.9. The van der Waals surface area contributed by atoms with Crippen LogP contribution in [0.25, 0.3) is 0 Å². The van der Waals surface area contributed by atoms with E-state index < -0.39 is 0 Å². The van der Waals surface area contributed by atoms with Gasteiger partial charge in [0.25, 0.3) is 0 Å². The standard InChI is InChI=1S/C19H30OS/c1-6-7-8-9-10-15(2)18(20)21-17-13-11-16(12-14-17)19(3,4)5/h11-15H,6-10H2,1-5H3. The first-order valence-corrected chi connectivity index (χ1v) is 8.98. The molecule has 0 heterocycles. The summed E-state index contributed by atoms with van der Waals surface area (Å²) in [6.45, 7) is 10.9. The van der Waals surface area contributed by atoms with E-state index in [1.54, 1.807) is 0 Å². The summed E-state index contributed by atoms with van der Waals surface area (Å²) in [4.78, 5) is 13.3. The fourth-order valence-electron chi connectivity index (χ4n) is 2.23. The van der Waals surface area contributed by atoms with E-state index in [1.807, 2.05) is 0 Å². The van der Waals surface area contributed by atoms with Gasteiger partial charge in [-0.05, 0) is 29.5 Å². The minimum atomic E-state index is 0.161. The van der Waals surface area contributed by atoms with Gasteiger partial charge in [-0.15, -0.1) is 0 Å². The van der Waals surface area contributed by atoms with Gasteiger partial charge in [0.1, 0.15) is 0 Å². The van der Waals surface area contributed by atoms with E-state index >= 15 is 0 Å². The molecule has 0 fully saturated rings. The third-order valence-corrected chi connectivity index (χ3v) is 4.94. The van der Waals surface area contributed by atoms with Crippen molar-refractivity contribution in [2.24, 2.45) is 5.92 Å². The predicted octanol–water partition coefficient (Wildman–Crippen LogP) is 6.21. The summed E-state index contributed by atoms with van der Waals surface area (Å²) in [7, 11) is 0. The molecule has 0 N–H and O–H groups in total. The molecule has 1 nitrogen and oxygen atoms in total. The van der Waals surface area contributed by atoms with Gasteiger partial charge >= 0.3 is 0 Å². The maximum Gasteiger partial charge on any atom is 0.196 e. The molecule has 0 amide bonds. The molecule has 118 valence electrons. The first-order chi connectivity index (χ1) is 9.84. The Hall–Kier alpha value is -0.760. The average Bonchev–Trinajstić information content (AvgIpc) is 2.43. The second kappa shape index (κ2) is 8.63. The number of carbonyl (C=O) groups is 1. The van der Waals surface area contributed by atoms with Crippen LogP contribution < -0.4 is 0 Å². The number of hydrogen-bond acceptors (Lipinski definition) is 2. The van der Waals surface area contributed by atoms with Crippen molar-refractivity contribution in [3.8, 4) is 0 Å². The SMILES string of the molecule is CCCCCCC(C)C(=O)Sc1ccc(C(C)(C)C)cc1. The second-order valence-corrected chi connectivity index (χ2v) is 8.02. The molecule has 1 rings (SSSR count). The van der Waals surface area contributed by atoms with E-state index in [4.69, 9.17) is 0 Å². The first-order valence-electron chi connectivity index (χ1n) is 8.17. The third-order valence-electron chi connectivity index (χ3n) is 3.83. The molecule has 0 aliphatic carbocycles. The molecule has 1 atom stereocenters. The molecule has 1 aromatic carbocycles. The van der Waals surface area contributed by atoms with Crippen molar-refractivity contribution in [2.45, 2.75) is 77.0 Å². The van der Waals surface area contributed by atoms with Gasteiger partial charge in [0.15, 0.2) is 5.12 Å². The molecule has 0 aromatic heterocycles. The van der Waals surface area contributed by atoms with Crippen molar-refractivity contribution >= 4 is 16.9 Å². The summed E-state index contributed by atoms with van der Waals surface area (Å²) in [5.74, 6) is 0.161. The zero-order valence-corrected chi connectivity index (χ0v) is 15.1. The summed E-state index contributed by atoms with van der Waals surface area (Å²) in [5, 5.41) is 0.301. The Labute approximate surface area is 134 Å².